The fourth-order valence-corrected chi connectivity index (χ4v) is 1.51. The molecule has 0 aliphatic carbocycles. The molecule has 0 saturated carbocycles. The van der Waals surface area contributed by atoms with E-state index >= 15 is 0 Å². The molecule has 1 amide bonds. The molecule has 0 aromatic carbocycles. The Morgan fingerprint density at radius 1 is 1.24 bits per heavy atom. The van der Waals surface area contributed by atoms with Crippen LogP contribution in [0.4, 0.5) is 0 Å². The Balaban J connectivity index is 4.06. The third-order valence-corrected chi connectivity index (χ3v) is 2.36. The Morgan fingerprint density at radius 3 is 2.24 bits per heavy atom. The number of hydrogen-bond donors (Lipinski definition) is 2. The van der Waals surface area contributed by atoms with Crippen LogP contribution in [0.3, 0.4) is 0 Å². The van der Waals surface area contributed by atoms with E-state index in [4.69, 9.17) is 5.11 Å². The van der Waals surface area contributed by atoms with E-state index in [0.29, 0.717) is 19.5 Å². The van der Waals surface area contributed by atoms with Crippen LogP contribution in [0, 0.1) is 0 Å². The summed E-state index contributed by atoms with van der Waals surface area (Å²) in [6.45, 7) is 8.81. The number of aliphatic carboxylic acids is 1. The van der Waals surface area contributed by atoms with E-state index in [1.165, 1.54) is 0 Å². The summed E-state index contributed by atoms with van der Waals surface area (Å²) in [7, 11) is 0. The van der Waals surface area contributed by atoms with Crippen molar-refractivity contribution >= 4 is 11.9 Å². The van der Waals surface area contributed by atoms with Crippen LogP contribution in [0.15, 0.2) is 0 Å². The molecule has 5 heteroatoms. The highest BCUT2D eigenvalue weighted by Crippen LogP contribution is 2.01. The normalized spacial score (nSPS) is 11.2. The van der Waals surface area contributed by atoms with Crippen LogP contribution in [-0.4, -0.2) is 47.1 Å². The SMILES string of the molecule is CC(C)NC(=O)CN(CCCC(=O)O)C(C)C. The van der Waals surface area contributed by atoms with Crippen LogP contribution in [0.1, 0.15) is 40.5 Å². The Labute approximate surface area is 103 Å². The van der Waals surface area contributed by atoms with Gasteiger partial charge in [0.25, 0.3) is 0 Å². The van der Waals surface area contributed by atoms with Gasteiger partial charge in [0.2, 0.25) is 5.91 Å². The van der Waals surface area contributed by atoms with Crippen molar-refractivity contribution in [1.82, 2.24) is 10.2 Å². The van der Waals surface area contributed by atoms with Crippen LogP contribution in [0.25, 0.3) is 0 Å². The number of hydrogen-bond acceptors (Lipinski definition) is 3. The molecule has 0 saturated heterocycles. The lowest BCUT2D eigenvalue weighted by atomic mass is 10.2. The van der Waals surface area contributed by atoms with Crippen molar-refractivity contribution in [2.75, 3.05) is 13.1 Å². The van der Waals surface area contributed by atoms with Crippen molar-refractivity contribution in [2.45, 2.75) is 52.6 Å². The number of nitrogens with one attached hydrogen (secondary N) is 1. The zero-order chi connectivity index (χ0) is 13.4. The van der Waals surface area contributed by atoms with E-state index in [-0.39, 0.29) is 24.4 Å². The van der Waals surface area contributed by atoms with Crippen LogP contribution in [0.5, 0.6) is 0 Å². The van der Waals surface area contributed by atoms with Crippen LogP contribution < -0.4 is 5.32 Å². The minimum absolute atomic E-state index is 0.0102. The number of carbonyl (C=O) groups is 2. The summed E-state index contributed by atoms with van der Waals surface area (Å²) in [5, 5.41) is 11.4. The van der Waals surface area contributed by atoms with E-state index in [2.05, 4.69) is 5.32 Å². The monoisotopic (exact) mass is 244 g/mol. The van der Waals surface area contributed by atoms with Gasteiger partial charge in [-0.2, -0.15) is 0 Å². The van der Waals surface area contributed by atoms with Gasteiger partial charge in [0.1, 0.15) is 0 Å². The second-order valence-electron chi connectivity index (χ2n) is 4.78. The average molecular weight is 244 g/mol. The molecule has 0 spiro atoms. The van der Waals surface area contributed by atoms with Gasteiger partial charge >= 0.3 is 5.97 Å². The van der Waals surface area contributed by atoms with Crippen molar-refractivity contribution < 1.29 is 14.7 Å². The third-order valence-electron chi connectivity index (χ3n) is 2.36. The molecule has 0 aliphatic rings. The summed E-state index contributed by atoms with van der Waals surface area (Å²) in [5.74, 6) is -0.802. The number of rotatable bonds is 8. The fraction of sp³-hybridized carbons (Fsp3) is 0.833. The second-order valence-corrected chi connectivity index (χ2v) is 4.78. The van der Waals surface area contributed by atoms with E-state index in [9.17, 15) is 9.59 Å². The van der Waals surface area contributed by atoms with E-state index < -0.39 is 5.97 Å². The summed E-state index contributed by atoms with van der Waals surface area (Å²) in [5.41, 5.74) is 0. The highest BCUT2D eigenvalue weighted by atomic mass is 16.4. The summed E-state index contributed by atoms with van der Waals surface area (Å²) >= 11 is 0. The van der Waals surface area contributed by atoms with Crippen LogP contribution in [0.2, 0.25) is 0 Å². The number of carboxylic acids is 1. The molecule has 100 valence electrons. The van der Waals surface area contributed by atoms with E-state index in [1.54, 1.807) is 0 Å². The molecule has 0 heterocycles. The summed E-state index contributed by atoms with van der Waals surface area (Å²) < 4.78 is 0. The molecule has 0 fully saturated rings. The molecular formula is C12H24N2O3. The average Bonchev–Trinajstić information content (AvgIpc) is 2.13. The van der Waals surface area contributed by atoms with Gasteiger partial charge in [-0.1, -0.05) is 0 Å². The van der Waals surface area contributed by atoms with Crippen LogP contribution in [-0.2, 0) is 9.59 Å². The number of carboxylic acid groups (broad SMARTS) is 1. The second kappa shape index (κ2) is 8.06. The minimum atomic E-state index is -0.791. The first-order chi connectivity index (χ1) is 7.82. The molecule has 0 aromatic heterocycles. The Kier molecular flexibility index (Phi) is 7.54. The van der Waals surface area contributed by atoms with Gasteiger partial charge in [0.05, 0.1) is 6.54 Å². The van der Waals surface area contributed by atoms with Gasteiger partial charge < -0.3 is 10.4 Å². The lowest BCUT2D eigenvalue weighted by Gasteiger charge is -2.26. The first-order valence-corrected chi connectivity index (χ1v) is 6.08. The van der Waals surface area contributed by atoms with Crippen molar-refractivity contribution in [3.8, 4) is 0 Å². The van der Waals surface area contributed by atoms with Gasteiger partial charge in [-0.3, -0.25) is 14.5 Å². The standard InChI is InChI=1S/C12H24N2O3/c1-9(2)13-11(15)8-14(10(3)4)7-5-6-12(16)17/h9-10H,5-8H2,1-4H3,(H,13,15)(H,16,17). The highest BCUT2D eigenvalue weighted by Gasteiger charge is 2.14. The molecular weight excluding hydrogens is 220 g/mol. The van der Waals surface area contributed by atoms with Gasteiger partial charge in [-0.25, -0.2) is 0 Å². The maximum atomic E-state index is 11.6. The van der Waals surface area contributed by atoms with Gasteiger partial charge in [0.15, 0.2) is 0 Å². The Hall–Kier alpha value is -1.10. The molecule has 0 atom stereocenters. The molecule has 0 rings (SSSR count). The zero-order valence-electron chi connectivity index (χ0n) is 11.2. The molecule has 5 nitrogen and oxygen atoms in total. The molecule has 0 aromatic rings. The molecule has 0 bridgehead atoms. The summed E-state index contributed by atoms with van der Waals surface area (Å²) in [4.78, 5) is 24.0. The maximum Gasteiger partial charge on any atom is 0.303 e. The van der Waals surface area contributed by atoms with E-state index in [0.717, 1.165) is 0 Å². The number of carbonyl (C=O) groups excluding carboxylic acids is 1. The summed E-state index contributed by atoms with van der Waals surface area (Å²) in [6.07, 6.45) is 0.720. The Bertz CT molecular complexity index is 252. The van der Waals surface area contributed by atoms with E-state index in [1.807, 2.05) is 32.6 Å². The molecule has 0 unspecified atom stereocenters. The summed E-state index contributed by atoms with van der Waals surface area (Å²) in [6, 6.07) is 0.372. The van der Waals surface area contributed by atoms with Crippen molar-refractivity contribution in [2.24, 2.45) is 0 Å². The highest BCUT2D eigenvalue weighted by molar-refractivity contribution is 5.78. The van der Waals surface area contributed by atoms with Crippen molar-refractivity contribution in [3.05, 3.63) is 0 Å². The number of amides is 1. The smallest absolute Gasteiger partial charge is 0.303 e. The van der Waals surface area contributed by atoms with Crippen molar-refractivity contribution in [3.63, 3.8) is 0 Å². The van der Waals surface area contributed by atoms with Gasteiger partial charge in [-0.05, 0) is 40.7 Å². The first kappa shape index (κ1) is 15.9. The largest absolute Gasteiger partial charge is 0.481 e. The molecule has 17 heavy (non-hydrogen) atoms. The number of nitrogens with zero attached hydrogens (tertiary/aromatic N) is 1. The van der Waals surface area contributed by atoms with Crippen LogP contribution >= 0.6 is 0 Å². The van der Waals surface area contributed by atoms with Gasteiger partial charge in [0, 0.05) is 18.5 Å². The lowest BCUT2D eigenvalue weighted by Crippen LogP contribution is -2.43. The Morgan fingerprint density at radius 2 is 1.82 bits per heavy atom. The quantitative estimate of drug-likeness (QED) is 0.670. The zero-order valence-corrected chi connectivity index (χ0v) is 11.2. The molecule has 0 aliphatic heterocycles. The lowest BCUT2D eigenvalue weighted by molar-refractivity contribution is -0.137. The minimum Gasteiger partial charge on any atom is -0.481 e. The van der Waals surface area contributed by atoms with Crippen molar-refractivity contribution in [1.29, 1.82) is 0 Å². The molecule has 0 radical (unpaired) electrons. The van der Waals surface area contributed by atoms with Gasteiger partial charge in [-0.15, -0.1) is 0 Å². The fourth-order valence-electron chi connectivity index (χ4n) is 1.51. The maximum absolute atomic E-state index is 11.6. The predicted molar refractivity (Wildman–Crippen MR) is 66.9 cm³/mol. The third kappa shape index (κ3) is 8.68. The predicted octanol–water partition coefficient (Wildman–Crippen LogP) is 1.09. The first-order valence-electron chi connectivity index (χ1n) is 6.08. The topological polar surface area (TPSA) is 69.6 Å². The molecule has 2 N–H and O–H groups in total.